The standard InChI is InChI=1S/C29H35N7O3S/c1-4-36(5-2,40(3,38)39)25-15-7-6-10-21(25)19-31-27-24-16-17-30-26(24)34-29(35-27)33-23-14-8-11-20(18-23)28(37)32-22-12-9-13-22/h6-8,10-11,14-18,22H,4-5,9,12-13,19H2,1-3H3,(H3-,30,31,32,33,34,35,37)/p+1. The molecule has 0 bridgehead atoms. The molecule has 0 saturated heterocycles. The van der Waals surface area contributed by atoms with E-state index in [0.29, 0.717) is 48.3 Å². The number of quaternary nitrogens is 1. The van der Waals surface area contributed by atoms with Gasteiger partial charge in [0.1, 0.15) is 11.5 Å². The van der Waals surface area contributed by atoms with Crippen molar-refractivity contribution in [3.8, 4) is 0 Å². The Hall–Kier alpha value is -3.96. The highest BCUT2D eigenvalue weighted by Crippen LogP contribution is 2.32. The maximum Gasteiger partial charge on any atom is 0.298 e. The third-order valence-electron chi connectivity index (χ3n) is 7.77. The summed E-state index contributed by atoms with van der Waals surface area (Å²) in [6.45, 7) is 5.01. The summed E-state index contributed by atoms with van der Waals surface area (Å²) in [5, 5.41) is 10.5. The summed E-state index contributed by atoms with van der Waals surface area (Å²) < 4.78 is 25.7. The Bertz CT molecular complexity index is 1630. The lowest BCUT2D eigenvalue weighted by Gasteiger charge is -2.34. The monoisotopic (exact) mass is 562 g/mol. The summed E-state index contributed by atoms with van der Waals surface area (Å²) in [6, 6.07) is 17.1. The van der Waals surface area contributed by atoms with Crippen molar-refractivity contribution >= 4 is 50.1 Å². The molecule has 1 fully saturated rings. The Labute approximate surface area is 234 Å². The number of nitrogens with one attached hydrogen (secondary N) is 4. The van der Waals surface area contributed by atoms with Gasteiger partial charge < -0.3 is 20.9 Å². The van der Waals surface area contributed by atoms with Gasteiger partial charge in [-0.3, -0.25) is 4.79 Å². The van der Waals surface area contributed by atoms with Crippen molar-refractivity contribution in [2.75, 3.05) is 30.0 Å². The van der Waals surface area contributed by atoms with Gasteiger partial charge in [0.05, 0.1) is 24.7 Å². The second-order valence-corrected chi connectivity index (χ2v) is 12.3. The molecule has 2 aromatic carbocycles. The molecule has 0 unspecified atom stereocenters. The van der Waals surface area contributed by atoms with Crippen LogP contribution in [0.2, 0.25) is 0 Å². The molecule has 40 heavy (non-hydrogen) atoms. The summed E-state index contributed by atoms with van der Waals surface area (Å²) in [4.78, 5) is 25.1. The maximum atomic E-state index is 12.9. The van der Waals surface area contributed by atoms with Crippen molar-refractivity contribution in [3.63, 3.8) is 0 Å². The van der Waals surface area contributed by atoms with E-state index in [-0.39, 0.29) is 15.8 Å². The van der Waals surface area contributed by atoms with E-state index in [9.17, 15) is 13.2 Å². The molecular formula is C29H36N7O3S+. The number of rotatable bonds is 11. The van der Waals surface area contributed by atoms with Crippen LogP contribution in [0.1, 0.15) is 49.0 Å². The summed E-state index contributed by atoms with van der Waals surface area (Å²) >= 11 is 0. The molecule has 2 aromatic heterocycles. The zero-order chi connectivity index (χ0) is 28.3. The fraction of sp³-hybridized carbons (Fsp3) is 0.345. The quantitative estimate of drug-likeness (QED) is 0.191. The minimum absolute atomic E-state index is 0.0853. The molecule has 0 radical (unpaired) electrons. The molecule has 0 atom stereocenters. The maximum absolute atomic E-state index is 12.9. The highest BCUT2D eigenvalue weighted by atomic mass is 32.2. The zero-order valence-electron chi connectivity index (χ0n) is 23.1. The Morgan fingerprint density at radius 2 is 1.82 bits per heavy atom. The van der Waals surface area contributed by atoms with Gasteiger partial charge in [-0.25, -0.2) is 0 Å². The Morgan fingerprint density at radius 3 is 2.52 bits per heavy atom. The van der Waals surface area contributed by atoms with E-state index in [1.165, 1.54) is 6.26 Å². The molecule has 4 aromatic rings. The number of aromatic amines is 1. The van der Waals surface area contributed by atoms with Crippen LogP contribution in [0.25, 0.3) is 11.0 Å². The highest BCUT2D eigenvalue weighted by molar-refractivity contribution is 7.90. The number of carbonyl (C=O) groups excluding carboxylic acids is 1. The number of sulfonamides is 1. The fourth-order valence-corrected chi connectivity index (χ4v) is 6.74. The second kappa shape index (κ2) is 11.3. The van der Waals surface area contributed by atoms with E-state index in [4.69, 9.17) is 4.98 Å². The van der Waals surface area contributed by atoms with Crippen LogP contribution in [0.4, 0.5) is 23.1 Å². The Morgan fingerprint density at radius 1 is 1.05 bits per heavy atom. The van der Waals surface area contributed by atoms with Crippen LogP contribution in [-0.2, 0) is 16.6 Å². The molecule has 0 aliphatic heterocycles. The second-order valence-electron chi connectivity index (χ2n) is 10.2. The molecule has 11 heteroatoms. The van der Waals surface area contributed by atoms with E-state index in [2.05, 4.69) is 25.9 Å². The predicted molar refractivity (Wildman–Crippen MR) is 160 cm³/mol. The number of hydrogen-bond donors (Lipinski definition) is 4. The lowest BCUT2D eigenvalue weighted by molar-refractivity contribution is 0.0917. The zero-order valence-corrected chi connectivity index (χ0v) is 23.9. The minimum Gasteiger partial charge on any atom is -0.365 e. The summed E-state index contributed by atoms with van der Waals surface area (Å²) in [7, 11) is -3.43. The number of para-hydroxylation sites is 1. The molecule has 1 saturated carbocycles. The van der Waals surface area contributed by atoms with E-state index >= 15 is 0 Å². The molecule has 10 nitrogen and oxygen atoms in total. The molecule has 2 heterocycles. The van der Waals surface area contributed by atoms with Crippen LogP contribution in [0.3, 0.4) is 0 Å². The summed E-state index contributed by atoms with van der Waals surface area (Å²) in [6.07, 6.45) is 6.30. The molecular weight excluding hydrogens is 526 g/mol. The third kappa shape index (κ3) is 5.39. The number of aromatic nitrogens is 3. The average Bonchev–Trinajstić information content (AvgIpc) is 3.39. The van der Waals surface area contributed by atoms with Crippen molar-refractivity contribution in [2.24, 2.45) is 0 Å². The first-order valence-electron chi connectivity index (χ1n) is 13.7. The molecule has 0 spiro atoms. The van der Waals surface area contributed by atoms with Gasteiger partial charge in [0.25, 0.3) is 15.9 Å². The van der Waals surface area contributed by atoms with Gasteiger partial charge in [0, 0.05) is 41.7 Å². The number of benzene rings is 2. The molecule has 1 aliphatic carbocycles. The molecule has 1 amide bonds. The van der Waals surface area contributed by atoms with Gasteiger partial charge in [-0.05, 0) is 57.4 Å². The summed E-state index contributed by atoms with van der Waals surface area (Å²) in [5.41, 5.74) is 3.54. The van der Waals surface area contributed by atoms with Crippen molar-refractivity contribution in [2.45, 2.75) is 45.7 Å². The van der Waals surface area contributed by atoms with Crippen molar-refractivity contribution in [1.82, 2.24) is 24.2 Å². The third-order valence-corrected chi connectivity index (χ3v) is 9.75. The SMILES string of the molecule is CC[N+](CC)(c1ccccc1CNc1nc(Nc2cccc(C(=O)NC3CCC3)c2)nc2[nH]ccc12)S(C)(=O)=O. The summed E-state index contributed by atoms with van der Waals surface area (Å²) in [5.74, 6) is 0.886. The van der Waals surface area contributed by atoms with Crippen LogP contribution in [0.5, 0.6) is 0 Å². The van der Waals surface area contributed by atoms with Gasteiger partial charge in [-0.15, -0.1) is 0 Å². The van der Waals surface area contributed by atoms with Gasteiger partial charge in [-0.2, -0.15) is 22.3 Å². The van der Waals surface area contributed by atoms with E-state index in [0.717, 1.165) is 35.9 Å². The van der Waals surface area contributed by atoms with Gasteiger partial charge in [0.15, 0.2) is 5.69 Å². The Balaban J connectivity index is 1.40. The molecule has 210 valence electrons. The molecule has 1 aliphatic rings. The smallest absolute Gasteiger partial charge is 0.298 e. The number of fused-ring (bicyclic) bond motifs is 1. The topological polar surface area (TPSA) is 129 Å². The van der Waals surface area contributed by atoms with Crippen LogP contribution < -0.4 is 19.8 Å². The predicted octanol–water partition coefficient (Wildman–Crippen LogP) is 4.90. The van der Waals surface area contributed by atoms with E-state index in [1.807, 2.05) is 56.3 Å². The van der Waals surface area contributed by atoms with Crippen molar-refractivity contribution in [3.05, 3.63) is 71.9 Å². The molecule has 4 N–H and O–H groups in total. The molecule has 5 rings (SSSR count). The van der Waals surface area contributed by atoms with Crippen LogP contribution in [0, 0.1) is 0 Å². The first kappa shape index (κ1) is 27.6. The van der Waals surface area contributed by atoms with Gasteiger partial charge in [0.2, 0.25) is 5.95 Å². The number of anilines is 3. The largest absolute Gasteiger partial charge is 0.365 e. The van der Waals surface area contributed by atoms with Crippen molar-refractivity contribution in [1.29, 1.82) is 0 Å². The van der Waals surface area contributed by atoms with Crippen LogP contribution in [0.15, 0.2) is 60.8 Å². The van der Waals surface area contributed by atoms with Gasteiger partial charge >= 0.3 is 0 Å². The van der Waals surface area contributed by atoms with E-state index in [1.54, 1.807) is 18.3 Å². The number of carbonyl (C=O) groups is 1. The number of H-pyrrole nitrogens is 1. The van der Waals surface area contributed by atoms with Crippen LogP contribution in [-0.4, -0.2) is 54.7 Å². The van der Waals surface area contributed by atoms with Crippen LogP contribution >= 0.6 is 0 Å². The first-order valence-corrected chi connectivity index (χ1v) is 15.5. The lowest BCUT2D eigenvalue weighted by Crippen LogP contribution is -2.53. The number of hydrogen-bond acceptors (Lipinski definition) is 7. The minimum atomic E-state index is -3.43. The first-order chi connectivity index (χ1) is 19.2. The lowest BCUT2D eigenvalue weighted by atomic mass is 9.93. The number of amides is 1. The van der Waals surface area contributed by atoms with Gasteiger partial charge in [-0.1, -0.05) is 24.3 Å². The normalized spacial score (nSPS) is 14.1. The number of nitrogens with zero attached hydrogens (tertiary/aromatic N) is 3. The fourth-order valence-electron chi connectivity index (χ4n) is 5.27. The Kier molecular flexibility index (Phi) is 7.77. The average molecular weight is 563 g/mol. The highest BCUT2D eigenvalue weighted by Gasteiger charge is 2.39. The van der Waals surface area contributed by atoms with E-state index < -0.39 is 10.0 Å². The van der Waals surface area contributed by atoms with Crippen molar-refractivity contribution < 1.29 is 13.2 Å².